The molecular formula is C26H25N3OS. The zero-order valence-electron chi connectivity index (χ0n) is 17.9. The van der Waals surface area contributed by atoms with Crippen LogP contribution in [0.3, 0.4) is 0 Å². The Morgan fingerprint density at radius 3 is 2.10 bits per heavy atom. The van der Waals surface area contributed by atoms with Gasteiger partial charge in [0.15, 0.2) is 10.9 Å². The minimum absolute atomic E-state index is 0.0702. The number of carbonyl (C=O) groups is 1. The Morgan fingerprint density at radius 2 is 1.45 bits per heavy atom. The molecule has 0 saturated heterocycles. The molecule has 4 aromatic rings. The lowest BCUT2D eigenvalue weighted by molar-refractivity contribution is 0.0989. The highest BCUT2D eigenvalue weighted by molar-refractivity contribution is 8.00. The smallest absolute Gasteiger partial charge is 0.192 e. The molecule has 31 heavy (non-hydrogen) atoms. The van der Waals surface area contributed by atoms with Gasteiger partial charge in [-0.3, -0.25) is 4.79 Å². The molecule has 0 spiro atoms. The van der Waals surface area contributed by atoms with E-state index in [-0.39, 0.29) is 5.78 Å². The fourth-order valence-electron chi connectivity index (χ4n) is 3.39. The molecule has 0 bridgehead atoms. The molecule has 0 amide bonds. The summed E-state index contributed by atoms with van der Waals surface area (Å²) >= 11 is 1.46. The zero-order chi connectivity index (χ0) is 21.8. The molecule has 1 atom stereocenters. The van der Waals surface area contributed by atoms with Crippen LogP contribution < -0.4 is 0 Å². The minimum atomic E-state index is -0.401. The Balaban J connectivity index is 1.69. The number of rotatable bonds is 7. The number of carbonyl (C=O) groups excluding carboxylic acids is 1. The molecule has 1 heterocycles. The number of benzene rings is 3. The topological polar surface area (TPSA) is 47.8 Å². The van der Waals surface area contributed by atoms with Crippen molar-refractivity contribution in [3.8, 4) is 0 Å². The van der Waals surface area contributed by atoms with Crippen molar-refractivity contribution in [1.82, 2.24) is 14.8 Å². The van der Waals surface area contributed by atoms with Gasteiger partial charge < -0.3 is 4.57 Å². The third kappa shape index (κ3) is 4.94. The maximum atomic E-state index is 13.5. The number of ketones is 1. The molecule has 0 aliphatic heterocycles. The second kappa shape index (κ2) is 9.31. The molecule has 5 heteroatoms. The highest BCUT2D eigenvalue weighted by Gasteiger charge is 2.26. The van der Waals surface area contributed by atoms with Gasteiger partial charge in [0.25, 0.3) is 0 Å². The van der Waals surface area contributed by atoms with E-state index in [1.807, 2.05) is 87.5 Å². The van der Waals surface area contributed by atoms with Gasteiger partial charge in [-0.15, -0.1) is 10.2 Å². The fraction of sp³-hybridized carbons (Fsp3) is 0.192. The van der Waals surface area contributed by atoms with Crippen LogP contribution >= 0.6 is 11.8 Å². The quantitative estimate of drug-likeness (QED) is 0.269. The summed E-state index contributed by atoms with van der Waals surface area (Å²) < 4.78 is 2.07. The summed E-state index contributed by atoms with van der Waals surface area (Å²) in [6.45, 7) is 6.69. The van der Waals surface area contributed by atoms with Gasteiger partial charge >= 0.3 is 0 Å². The number of nitrogens with zero attached hydrogens (tertiary/aromatic N) is 3. The predicted molar refractivity (Wildman–Crippen MR) is 126 cm³/mol. The molecule has 0 N–H and O–H groups in total. The number of hydrogen-bond donors (Lipinski definition) is 0. The lowest BCUT2D eigenvalue weighted by Crippen LogP contribution is -2.12. The second-order valence-corrected chi connectivity index (χ2v) is 8.81. The predicted octanol–water partition coefficient (Wildman–Crippen LogP) is 5.97. The minimum Gasteiger partial charge on any atom is -0.302 e. The lowest BCUT2D eigenvalue weighted by atomic mass is 10.0. The highest BCUT2D eigenvalue weighted by atomic mass is 32.2. The van der Waals surface area contributed by atoms with Crippen molar-refractivity contribution >= 4 is 17.5 Å². The van der Waals surface area contributed by atoms with Crippen LogP contribution in [0, 0.1) is 20.8 Å². The summed E-state index contributed by atoms with van der Waals surface area (Å²) in [5.41, 5.74) is 5.14. The summed E-state index contributed by atoms with van der Waals surface area (Å²) in [5.74, 6) is 0.901. The third-order valence-electron chi connectivity index (χ3n) is 5.26. The Labute approximate surface area is 187 Å². The van der Waals surface area contributed by atoms with Crippen molar-refractivity contribution in [2.24, 2.45) is 0 Å². The molecule has 4 nitrogen and oxygen atoms in total. The van der Waals surface area contributed by atoms with E-state index < -0.39 is 5.25 Å². The summed E-state index contributed by atoms with van der Waals surface area (Å²) in [7, 11) is 0. The van der Waals surface area contributed by atoms with E-state index in [4.69, 9.17) is 0 Å². The van der Waals surface area contributed by atoms with Crippen LogP contribution in [0.15, 0.2) is 84.0 Å². The lowest BCUT2D eigenvalue weighted by Gasteiger charge is -2.17. The summed E-state index contributed by atoms with van der Waals surface area (Å²) in [6, 6.07) is 26.1. The van der Waals surface area contributed by atoms with Crippen LogP contribution in [-0.4, -0.2) is 20.5 Å². The SMILES string of the molecule is Cc1ccc(C(=O)[C@@H](Sc2nnc(C)n2Cc2ccccc2)c2ccc(C)cc2)cc1. The molecule has 0 aliphatic carbocycles. The first-order valence-electron chi connectivity index (χ1n) is 10.3. The molecule has 156 valence electrons. The average molecular weight is 428 g/mol. The number of Topliss-reactive ketones (excluding diaryl/α,β-unsaturated/α-hetero) is 1. The first-order valence-corrected chi connectivity index (χ1v) is 11.2. The number of aryl methyl sites for hydroxylation is 3. The molecular weight excluding hydrogens is 402 g/mol. The maximum absolute atomic E-state index is 13.5. The molecule has 0 saturated carbocycles. The average Bonchev–Trinajstić information content (AvgIpc) is 3.12. The first kappa shape index (κ1) is 21.1. The molecule has 0 aliphatic rings. The van der Waals surface area contributed by atoms with Gasteiger partial charge in [-0.25, -0.2) is 0 Å². The zero-order valence-corrected chi connectivity index (χ0v) is 18.8. The van der Waals surface area contributed by atoms with E-state index in [0.717, 1.165) is 22.1 Å². The first-order chi connectivity index (χ1) is 15.0. The number of aromatic nitrogens is 3. The summed E-state index contributed by atoms with van der Waals surface area (Å²) in [5, 5.41) is 9.05. The second-order valence-electron chi connectivity index (χ2n) is 7.74. The Morgan fingerprint density at radius 1 is 0.839 bits per heavy atom. The van der Waals surface area contributed by atoms with Crippen molar-refractivity contribution in [2.75, 3.05) is 0 Å². The monoisotopic (exact) mass is 427 g/mol. The molecule has 0 fully saturated rings. The Hall–Kier alpha value is -3.18. The van der Waals surface area contributed by atoms with Crippen LogP contribution in [0.25, 0.3) is 0 Å². The van der Waals surface area contributed by atoms with Gasteiger partial charge in [-0.1, -0.05) is 102 Å². The maximum Gasteiger partial charge on any atom is 0.192 e. The van der Waals surface area contributed by atoms with Crippen molar-refractivity contribution in [3.05, 3.63) is 113 Å². The Bertz CT molecular complexity index is 1170. The highest BCUT2D eigenvalue weighted by Crippen LogP contribution is 2.37. The molecule has 1 aromatic heterocycles. The van der Waals surface area contributed by atoms with E-state index in [9.17, 15) is 4.79 Å². The largest absolute Gasteiger partial charge is 0.302 e. The Kier molecular flexibility index (Phi) is 6.33. The molecule has 3 aromatic carbocycles. The number of hydrogen-bond acceptors (Lipinski definition) is 4. The summed E-state index contributed by atoms with van der Waals surface area (Å²) in [4.78, 5) is 13.5. The molecule has 4 rings (SSSR count). The van der Waals surface area contributed by atoms with Gasteiger partial charge in [-0.2, -0.15) is 0 Å². The van der Waals surface area contributed by atoms with E-state index >= 15 is 0 Å². The van der Waals surface area contributed by atoms with Gasteiger partial charge in [0, 0.05) is 5.56 Å². The summed E-state index contributed by atoms with van der Waals surface area (Å²) in [6.07, 6.45) is 0. The van der Waals surface area contributed by atoms with Crippen LogP contribution in [0.5, 0.6) is 0 Å². The third-order valence-corrected chi connectivity index (χ3v) is 6.50. The van der Waals surface area contributed by atoms with Crippen LogP contribution in [-0.2, 0) is 6.54 Å². The van der Waals surface area contributed by atoms with Crippen molar-refractivity contribution in [2.45, 2.75) is 37.7 Å². The van der Waals surface area contributed by atoms with Gasteiger partial charge in [0.05, 0.1) is 6.54 Å². The standard InChI is InChI=1S/C26H25N3OS/c1-18-9-13-22(14-10-18)24(30)25(23-15-11-19(2)12-16-23)31-26-28-27-20(3)29(26)17-21-7-5-4-6-8-21/h4-16,25H,17H2,1-3H3/t25-/m0/s1. The van der Waals surface area contributed by atoms with Crippen molar-refractivity contribution < 1.29 is 4.79 Å². The number of thioether (sulfide) groups is 1. The van der Waals surface area contributed by atoms with Gasteiger partial charge in [-0.05, 0) is 31.9 Å². The van der Waals surface area contributed by atoms with Crippen molar-refractivity contribution in [3.63, 3.8) is 0 Å². The van der Waals surface area contributed by atoms with Crippen LogP contribution in [0.4, 0.5) is 0 Å². The van der Waals surface area contributed by atoms with Crippen molar-refractivity contribution in [1.29, 1.82) is 0 Å². The van der Waals surface area contributed by atoms with E-state index in [1.54, 1.807) is 0 Å². The van der Waals surface area contributed by atoms with E-state index in [0.29, 0.717) is 12.1 Å². The van der Waals surface area contributed by atoms with Crippen LogP contribution in [0.2, 0.25) is 0 Å². The van der Waals surface area contributed by atoms with Crippen LogP contribution in [0.1, 0.15) is 43.7 Å². The molecule has 0 unspecified atom stereocenters. The van der Waals surface area contributed by atoms with E-state index in [2.05, 4.69) is 26.9 Å². The van der Waals surface area contributed by atoms with E-state index in [1.165, 1.54) is 22.9 Å². The van der Waals surface area contributed by atoms with Gasteiger partial charge in [0.2, 0.25) is 0 Å². The van der Waals surface area contributed by atoms with Gasteiger partial charge in [0.1, 0.15) is 11.1 Å². The normalized spacial score (nSPS) is 12.0. The fourth-order valence-corrected chi connectivity index (χ4v) is 4.54. The molecule has 0 radical (unpaired) electrons.